The monoisotopic (exact) mass is 279 g/mol. The maximum atomic E-state index is 12.1. The van der Waals surface area contributed by atoms with Crippen molar-refractivity contribution >= 4 is 11.6 Å². The topological polar surface area (TPSA) is 73.0 Å². The van der Waals surface area contributed by atoms with Crippen LogP contribution in [0.2, 0.25) is 0 Å². The van der Waals surface area contributed by atoms with E-state index in [9.17, 15) is 4.79 Å². The highest BCUT2D eigenvalue weighted by atomic mass is 16.1. The zero-order valence-electron chi connectivity index (χ0n) is 11.5. The van der Waals surface area contributed by atoms with E-state index in [0.29, 0.717) is 29.5 Å². The average molecular weight is 279 g/mol. The third-order valence-electron chi connectivity index (χ3n) is 3.73. The van der Waals surface area contributed by atoms with E-state index in [4.69, 9.17) is 0 Å². The molecular formula is C15H13N5O. The number of nitrogens with zero attached hydrogens (tertiary/aromatic N) is 5. The van der Waals surface area contributed by atoms with E-state index in [2.05, 4.69) is 27.0 Å². The molecule has 0 N–H and O–H groups in total. The largest absolute Gasteiger partial charge is 0.294 e. The smallest absolute Gasteiger partial charge is 0.252 e. The minimum atomic E-state index is 0.138. The van der Waals surface area contributed by atoms with Crippen molar-refractivity contribution in [2.75, 3.05) is 0 Å². The fourth-order valence-electron chi connectivity index (χ4n) is 2.70. The number of ketones is 1. The van der Waals surface area contributed by atoms with Crippen LogP contribution in [0.5, 0.6) is 0 Å². The minimum absolute atomic E-state index is 0.138. The van der Waals surface area contributed by atoms with E-state index < -0.39 is 0 Å². The van der Waals surface area contributed by atoms with Gasteiger partial charge < -0.3 is 0 Å². The van der Waals surface area contributed by atoms with Gasteiger partial charge in [0.1, 0.15) is 0 Å². The zero-order chi connectivity index (χ0) is 14.4. The number of rotatable bonds is 1. The highest BCUT2D eigenvalue weighted by Crippen LogP contribution is 2.24. The van der Waals surface area contributed by atoms with Crippen LogP contribution in [0.1, 0.15) is 29.4 Å². The number of hydrogen-bond acceptors (Lipinski definition) is 5. The van der Waals surface area contributed by atoms with Gasteiger partial charge in [0.15, 0.2) is 11.6 Å². The summed E-state index contributed by atoms with van der Waals surface area (Å²) in [6.07, 6.45) is 6.54. The molecule has 6 nitrogen and oxygen atoms in total. The summed E-state index contributed by atoms with van der Waals surface area (Å²) in [5.41, 5.74) is 2.39. The molecule has 0 unspecified atom stereocenters. The summed E-state index contributed by atoms with van der Waals surface area (Å²) in [7, 11) is 0. The minimum Gasteiger partial charge on any atom is -0.294 e. The Kier molecular flexibility index (Phi) is 2.57. The predicted molar refractivity (Wildman–Crippen MR) is 75.8 cm³/mol. The highest BCUT2D eigenvalue weighted by molar-refractivity contribution is 5.98. The van der Waals surface area contributed by atoms with Crippen LogP contribution in [0.3, 0.4) is 0 Å². The molecule has 1 aliphatic carbocycles. The lowest BCUT2D eigenvalue weighted by Crippen LogP contribution is -2.20. The fourth-order valence-corrected chi connectivity index (χ4v) is 2.70. The summed E-state index contributed by atoms with van der Waals surface area (Å²) in [4.78, 5) is 25.0. The first-order valence-electron chi connectivity index (χ1n) is 6.90. The SMILES string of the molecule is C[C@@H]1CC(=O)c2cn3nc(-c4ccncc4)nc3nc2C1. The van der Waals surface area contributed by atoms with Gasteiger partial charge in [0.2, 0.25) is 0 Å². The van der Waals surface area contributed by atoms with Gasteiger partial charge >= 0.3 is 0 Å². The van der Waals surface area contributed by atoms with Crippen LogP contribution < -0.4 is 0 Å². The molecule has 3 aromatic rings. The van der Waals surface area contributed by atoms with Gasteiger partial charge in [-0.1, -0.05) is 6.92 Å². The molecule has 6 heteroatoms. The lowest BCUT2D eigenvalue weighted by Gasteiger charge is -2.18. The maximum Gasteiger partial charge on any atom is 0.252 e. The Bertz CT molecular complexity index is 840. The second-order valence-corrected chi connectivity index (χ2v) is 5.45. The van der Waals surface area contributed by atoms with Gasteiger partial charge in [-0.25, -0.2) is 9.50 Å². The van der Waals surface area contributed by atoms with E-state index in [0.717, 1.165) is 17.7 Å². The Morgan fingerprint density at radius 3 is 2.81 bits per heavy atom. The average Bonchev–Trinajstić information content (AvgIpc) is 2.89. The fraction of sp³-hybridized carbons (Fsp3) is 0.267. The Balaban J connectivity index is 1.88. The van der Waals surface area contributed by atoms with Gasteiger partial charge in [-0.2, -0.15) is 4.98 Å². The first-order valence-corrected chi connectivity index (χ1v) is 6.90. The maximum absolute atomic E-state index is 12.1. The quantitative estimate of drug-likeness (QED) is 0.680. The zero-order valence-corrected chi connectivity index (χ0v) is 11.5. The van der Waals surface area contributed by atoms with E-state index >= 15 is 0 Å². The molecule has 0 aromatic carbocycles. The molecule has 1 atom stereocenters. The summed E-state index contributed by atoms with van der Waals surface area (Å²) in [5, 5.41) is 4.41. The van der Waals surface area contributed by atoms with E-state index in [1.165, 1.54) is 0 Å². The molecule has 0 saturated carbocycles. The number of Topliss-reactive ketones (excluding diaryl/α,β-unsaturated/α-hetero) is 1. The van der Waals surface area contributed by atoms with Gasteiger partial charge in [-0.15, -0.1) is 5.10 Å². The predicted octanol–water partition coefficient (Wildman–Crippen LogP) is 1.95. The molecule has 3 heterocycles. The molecule has 0 radical (unpaired) electrons. The third-order valence-corrected chi connectivity index (χ3v) is 3.73. The molecule has 0 spiro atoms. The van der Waals surface area contributed by atoms with Crippen molar-refractivity contribution in [2.45, 2.75) is 19.8 Å². The molecule has 21 heavy (non-hydrogen) atoms. The second kappa shape index (κ2) is 4.44. The molecule has 1 aliphatic rings. The van der Waals surface area contributed by atoms with Crippen LogP contribution in [0.15, 0.2) is 30.7 Å². The van der Waals surface area contributed by atoms with Crippen LogP contribution in [0.4, 0.5) is 0 Å². The Labute approximate surface area is 120 Å². The van der Waals surface area contributed by atoms with Gasteiger partial charge in [0, 0.05) is 30.6 Å². The second-order valence-electron chi connectivity index (χ2n) is 5.45. The number of carbonyl (C=O) groups is 1. The highest BCUT2D eigenvalue weighted by Gasteiger charge is 2.25. The molecule has 4 rings (SSSR count). The molecule has 0 amide bonds. The third kappa shape index (κ3) is 1.99. The van der Waals surface area contributed by atoms with Crippen molar-refractivity contribution in [1.82, 2.24) is 24.6 Å². The first kappa shape index (κ1) is 12.1. The Morgan fingerprint density at radius 2 is 2.00 bits per heavy atom. The van der Waals surface area contributed by atoms with Crippen LogP contribution in [0.25, 0.3) is 17.2 Å². The van der Waals surface area contributed by atoms with Crippen molar-refractivity contribution in [2.24, 2.45) is 5.92 Å². The number of pyridine rings is 1. The van der Waals surface area contributed by atoms with Gasteiger partial charge in [-0.05, 0) is 24.5 Å². The molecule has 0 aliphatic heterocycles. The van der Waals surface area contributed by atoms with Crippen molar-refractivity contribution in [3.63, 3.8) is 0 Å². The molecule has 3 aromatic heterocycles. The van der Waals surface area contributed by atoms with E-state index in [1.54, 1.807) is 23.1 Å². The number of aromatic nitrogens is 5. The normalized spacial score (nSPS) is 18.0. The number of fused-ring (bicyclic) bond motifs is 2. The Morgan fingerprint density at radius 1 is 1.19 bits per heavy atom. The van der Waals surface area contributed by atoms with E-state index in [1.807, 2.05) is 12.1 Å². The van der Waals surface area contributed by atoms with Gasteiger partial charge in [0.25, 0.3) is 5.78 Å². The Hall–Kier alpha value is -2.63. The van der Waals surface area contributed by atoms with Crippen LogP contribution >= 0.6 is 0 Å². The van der Waals surface area contributed by atoms with Crippen LogP contribution in [-0.2, 0) is 6.42 Å². The van der Waals surface area contributed by atoms with Gasteiger partial charge in [0.05, 0.1) is 11.3 Å². The van der Waals surface area contributed by atoms with E-state index in [-0.39, 0.29) is 5.78 Å². The summed E-state index contributed by atoms with van der Waals surface area (Å²) in [6, 6.07) is 3.70. The van der Waals surface area contributed by atoms with Gasteiger partial charge in [-0.3, -0.25) is 9.78 Å². The summed E-state index contributed by atoms with van der Waals surface area (Å²) in [6.45, 7) is 2.07. The molecule has 0 saturated heterocycles. The number of hydrogen-bond donors (Lipinski definition) is 0. The van der Waals surface area contributed by atoms with Crippen molar-refractivity contribution in [3.8, 4) is 11.4 Å². The van der Waals surface area contributed by atoms with Crippen molar-refractivity contribution < 1.29 is 4.79 Å². The molecular weight excluding hydrogens is 266 g/mol. The van der Waals surface area contributed by atoms with Crippen LogP contribution in [-0.4, -0.2) is 30.3 Å². The first-order chi connectivity index (χ1) is 10.2. The lowest BCUT2D eigenvalue weighted by molar-refractivity contribution is 0.0951. The standard InChI is InChI=1S/C15H13N5O/c1-9-6-12-11(13(21)7-9)8-20-15(17-12)18-14(19-20)10-2-4-16-5-3-10/h2-5,8-9H,6-7H2,1H3/t9-/m0/s1. The molecule has 0 fully saturated rings. The summed E-state index contributed by atoms with van der Waals surface area (Å²) >= 11 is 0. The van der Waals surface area contributed by atoms with Crippen molar-refractivity contribution in [3.05, 3.63) is 42.0 Å². The van der Waals surface area contributed by atoms with Crippen LogP contribution in [0, 0.1) is 5.92 Å². The molecule has 0 bridgehead atoms. The summed E-state index contributed by atoms with van der Waals surface area (Å²) < 4.78 is 1.59. The lowest BCUT2D eigenvalue weighted by atomic mass is 9.88. The van der Waals surface area contributed by atoms with Crippen molar-refractivity contribution in [1.29, 1.82) is 0 Å². The molecule has 104 valence electrons. The summed E-state index contributed by atoms with van der Waals surface area (Å²) in [5.74, 6) is 1.59. The number of carbonyl (C=O) groups excluding carboxylic acids is 1.